The lowest BCUT2D eigenvalue weighted by atomic mass is 10.1. The molecule has 1 aliphatic rings. The van der Waals surface area contributed by atoms with Crippen LogP contribution in [-0.4, -0.2) is 37.1 Å². The Bertz CT molecular complexity index is 110. The largest absolute Gasteiger partial charge is 0.312 e. The first kappa shape index (κ1) is 9.01. The van der Waals surface area contributed by atoms with Crippen molar-refractivity contribution in [2.45, 2.75) is 26.8 Å². The molecule has 1 rings (SSSR count). The zero-order chi connectivity index (χ0) is 8.27. The van der Waals surface area contributed by atoms with E-state index in [1.165, 1.54) is 19.6 Å². The van der Waals surface area contributed by atoms with Crippen molar-refractivity contribution in [2.75, 3.05) is 26.2 Å². The molecule has 1 N–H and O–H groups in total. The maximum Gasteiger partial charge on any atom is 0.0167 e. The average molecular weight is 156 g/mol. The molecule has 66 valence electrons. The van der Waals surface area contributed by atoms with E-state index in [4.69, 9.17) is 0 Å². The van der Waals surface area contributed by atoms with Gasteiger partial charge in [0.15, 0.2) is 0 Å². The summed E-state index contributed by atoms with van der Waals surface area (Å²) in [6.07, 6.45) is 0. The van der Waals surface area contributed by atoms with Gasteiger partial charge in [0.1, 0.15) is 0 Å². The van der Waals surface area contributed by atoms with Gasteiger partial charge in [-0.2, -0.15) is 0 Å². The summed E-state index contributed by atoms with van der Waals surface area (Å²) in [5.74, 6) is 0.806. The molecule has 0 aromatic carbocycles. The summed E-state index contributed by atoms with van der Waals surface area (Å²) in [5, 5.41) is 3.44. The monoisotopic (exact) mass is 156 g/mol. The van der Waals surface area contributed by atoms with Crippen molar-refractivity contribution in [3.63, 3.8) is 0 Å². The maximum absolute atomic E-state index is 3.44. The second-order valence-electron chi connectivity index (χ2n) is 4.01. The van der Waals surface area contributed by atoms with Crippen molar-refractivity contribution in [3.8, 4) is 0 Å². The predicted octanol–water partition coefficient (Wildman–Crippen LogP) is 0.936. The average Bonchev–Trinajstić information content (AvgIpc) is 1.85. The number of rotatable bonds is 2. The van der Waals surface area contributed by atoms with Crippen molar-refractivity contribution in [2.24, 2.45) is 5.92 Å². The first-order chi connectivity index (χ1) is 5.18. The van der Waals surface area contributed by atoms with Crippen LogP contribution in [0.3, 0.4) is 0 Å². The number of hydrogen-bond donors (Lipinski definition) is 1. The van der Waals surface area contributed by atoms with E-state index >= 15 is 0 Å². The van der Waals surface area contributed by atoms with Gasteiger partial charge in [0.2, 0.25) is 0 Å². The van der Waals surface area contributed by atoms with Gasteiger partial charge in [0, 0.05) is 32.2 Å². The highest BCUT2D eigenvalue weighted by atomic mass is 15.2. The molecule has 0 unspecified atom stereocenters. The third-order valence-corrected chi connectivity index (χ3v) is 2.08. The molecule has 1 fully saturated rings. The molecule has 0 saturated carbocycles. The van der Waals surface area contributed by atoms with Gasteiger partial charge in [-0.3, -0.25) is 0 Å². The molecule has 11 heavy (non-hydrogen) atoms. The topological polar surface area (TPSA) is 15.3 Å². The first-order valence-corrected chi connectivity index (χ1v) is 4.64. The highest BCUT2D eigenvalue weighted by Crippen LogP contribution is 2.02. The molecule has 0 bridgehead atoms. The molecule has 0 amide bonds. The molecule has 1 heterocycles. The molecule has 0 aromatic rings. The first-order valence-electron chi connectivity index (χ1n) is 4.64. The molecule has 1 atom stereocenters. The third kappa shape index (κ3) is 3.21. The highest BCUT2D eigenvalue weighted by molar-refractivity contribution is 4.75. The molecule has 2 nitrogen and oxygen atoms in total. The van der Waals surface area contributed by atoms with Gasteiger partial charge in [-0.25, -0.2) is 0 Å². The van der Waals surface area contributed by atoms with Crippen molar-refractivity contribution in [1.29, 1.82) is 0 Å². The van der Waals surface area contributed by atoms with Crippen LogP contribution in [0.4, 0.5) is 0 Å². The molecule has 0 aliphatic carbocycles. The SMILES string of the molecule is CC(C)CN1CCN[C@@H](C)C1. The standard InChI is InChI=1S/C9H20N2/c1-8(2)6-11-5-4-10-9(3)7-11/h8-10H,4-7H2,1-3H3/t9-/m0/s1. The van der Waals surface area contributed by atoms with Crippen LogP contribution < -0.4 is 5.32 Å². The number of hydrogen-bond acceptors (Lipinski definition) is 2. The molecule has 0 radical (unpaired) electrons. The lowest BCUT2D eigenvalue weighted by Gasteiger charge is -2.32. The minimum Gasteiger partial charge on any atom is -0.312 e. The Morgan fingerprint density at radius 1 is 1.55 bits per heavy atom. The Hall–Kier alpha value is -0.0800. The van der Waals surface area contributed by atoms with Crippen LogP contribution in [0.2, 0.25) is 0 Å². The summed E-state index contributed by atoms with van der Waals surface area (Å²) in [7, 11) is 0. The Kier molecular flexibility index (Phi) is 3.34. The summed E-state index contributed by atoms with van der Waals surface area (Å²) >= 11 is 0. The van der Waals surface area contributed by atoms with E-state index in [-0.39, 0.29) is 0 Å². The Morgan fingerprint density at radius 3 is 2.82 bits per heavy atom. The molecular weight excluding hydrogens is 136 g/mol. The summed E-state index contributed by atoms with van der Waals surface area (Å²) in [5.41, 5.74) is 0. The van der Waals surface area contributed by atoms with Gasteiger partial charge in [-0.05, 0) is 12.8 Å². The van der Waals surface area contributed by atoms with Crippen LogP contribution in [0, 0.1) is 5.92 Å². The lowest BCUT2D eigenvalue weighted by Crippen LogP contribution is -2.50. The van der Waals surface area contributed by atoms with Gasteiger partial charge in [-0.15, -0.1) is 0 Å². The third-order valence-electron chi connectivity index (χ3n) is 2.08. The van der Waals surface area contributed by atoms with E-state index in [1.807, 2.05) is 0 Å². The molecule has 2 heteroatoms. The fraction of sp³-hybridized carbons (Fsp3) is 1.00. The summed E-state index contributed by atoms with van der Waals surface area (Å²) in [4.78, 5) is 2.55. The van der Waals surface area contributed by atoms with Gasteiger partial charge < -0.3 is 10.2 Å². The molecule has 0 spiro atoms. The van der Waals surface area contributed by atoms with Crippen LogP contribution >= 0.6 is 0 Å². The smallest absolute Gasteiger partial charge is 0.0167 e. The zero-order valence-corrected chi connectivity index (χ0v) is 7.93. The molecule has 0 aromatic heterocycles. The van der Waals surface area contributed by atoms with Gasteiger partial charge in [0.05, 0.1) is 0 Å². The minimum absolute atomic E-state index is 0.683. The second-order valence-corrected chi connectivity index (χ2v) is 4.01. The Balaban J connectivity index is 2.23. The van der Waals surface area contributed by atoms with Crippen LogP contribution in [-0.2, 0) is 0 Å². The van der Waals surface area contributed by atoms with E-state index < -0.39 is 0 Å². The maximum atomic E-state index is 3.44. The van der Waals surface area contributed by atoms with E-state index in [2.05, 4.69) is 31.0 Å². The van der Waals surface area contributed by atoms with Crippen LogP contribution in [0.25, 0.3) is 0 Å². The fourth-order valence-electron chi connectivity index (χ4n) is 1.69. The van der Waals surface area contributed by atoms with Crippen molar-refractivity contribution < 1.29 is 0 Å². The second kappa shape index (κ2) is 4.07. The van der Waals surface area contributed by atoms with Crippen LogP contribution in [0.1, 0.15) is 20.8 Å². The Labute approximate surface area is 70.0 Å². The van der Waals surface area contributed by atoms with Gasteiger partial charge >= 0.3 is 0 Å². The van der Waals surface area contributed by atoms with Crippen molar-refractivity contribution in [1.82, 2.24) is 10.2 Å². The van der Waals surface area contributed by atoms with E-state index in [0.29, 0.717) is 6.04 Å². The van der Waals surface area contributed by atoms with Crippen LogP contribution in [0.15, 0.2) is 0 Å². The normalized spacial score (nSPS) is 27.8. The van der Waals surface area contributed by atoms with E-state index in [9.17, 15) is 0 Å². The number of nitrogens with one attached hydrogen (secondary N) is 1. The zero-order valence-electron chi connectivity index (χ0n) is 7.93. The van der Waals surface area contributed by atoms with Gasteiger partial charge in [0.25, 0.3) is 0 Å². The quantitative estimate of drug-likeness (QED) is 0.640. The molecule has 1 aliphatic heterocycles. The summed E-state index contributed by atoms with van der Waals surface area (Å²) in [6.45, 7) is 11.7. The van der Waals surface area contributed by atoms with Gasteiger partial charge in [-0.1, -0.05) is 13.8 Å². The lowest BCUT2D eigenvalue weighted by molar-refractivity contribution is 0.188. The van der Waals surface area contributed by atoms with E-state index in [0.717, 1.165) is 12.5 Å². The van der Waals surface area contributed by atoms with E-state index in [1.54, 1.807) is 0 Å². The van der Waals surface area contributed by atoms with Crippen molar-refractivity contribution >= 4 is 0 Å². The number of nitrogens with zero attached hydrogens (tertiary/aromatic N) is 1. The highest BCUT2D eigenvalue weighted by Gasteiger charge is 2.15. The molecule has 1 saturated heterocycles. The predicted molar refractivity (Wildman–Crippen MR) is 48.7 cm³/mol. The minimum atomic E-state index is 0.683. The van der Waals surface area contributed by atoms with Crippen molar-refractivity contribution in [3.05, 3.63) is 0 Å². The fourth-order valence-corrected chi connectivity index (χ4v) is 1.69. The molecular formula is C9H20N2. The summed E-state index contributed by atoms with van der Waals surface area (Å²) < 4.78 is 0. The van der Waals surface area contributed by atoms with Crippen LogP contribution in [0.5, 0.6) is 0 Å². The Morgan fingerprint density at radius 2 is 2.27 bits per heavy atom. The summed E-state index contributed by atoms with van der Waals surface area (Å²) in [6, 6.07) is 0.683. The number of piperazine rings is 1.